The van der Waals surface area contributed by atoms with Gasteiger partial charge in [-0.3, -0.25) is 4.79 Å². The van der Waals surface area contributed by atoms with E-state index in [4.69, 9.17) is 0 Å². The number of phenolic OH excluding ortho intramolecular Hbond substituents is 1. The van der Waals surface area contributed by atoms with Crippen molar-refractivity contribution >= 4 is 12.2 Å². The molecule has 0 aromatic heterocycles. The van der Waals surface area contributed by atoms with Crippen LogP contribution < -0.4 is 4.90 Å². The van der Waals surface area contributed by atoms with Crippen molar-refractivity contribution in [2.24, 2.45) is 0 Å². The predicted molar refractivity (Wildman–Crippen MR) is 142 cm³/mol. The Kier molecular flexibility index (Phi) is 12.3. The van der Waals surface area contributed by atoms with Crippen LogP contribution in [0.25, 0.3) is 0 Å². The Morgan fingerprint density at radius 3 is 1.88 bits per heavy atom. The van der Waals surface area contributed by atoms with Gasteiger partial charge in [0.05, 0.1) is 12.3 Å². The molecular formula is C30H39NO3. The molecule has 34 heavy (non-hydrogen) atoms. The Labute approximate surface area is 205 Å². The minimum atomic E-state index is 0.0120. The first-order chi connectivity index (χ1) is 16.7. The van der Waals surface area contributed by atoms with Crippen LogP contribution in [-0.4, -0.2) is 31.3 Å². The maximum absolute atomic E-state index is 11.1. The lowest BCUT2D eigenvalue weighted by Crippen LogP contribution is -2.22. The highest BCUT2D eigenvalue weighted by molar-refractivity contribution is 5.64. The molecule has 4 nitrogen and oxygen atoms in total. The minimum absolute atomic E-state index is 0.0120. The molecule has 0 bridgehead atoms. The summed E-state index contributed by atoms with van der Waals surface area (Å²) in [5, 5.41) is 11.1. The van der Waals surface area contributed by atoms with Crippen LogP contribution in [0.1, 0.15) is 69.1 Å². The molecule has 1 N–H and O–H groups in total. The lowest BCUT2D eigenvalue weighted by molar-refractivity contribution is -0.128. The van der Waals surface area contributed by atoms with Gasteiger partial charge in [0.15, 0.2) is 0 Å². The number of hydrogen-bond donors (Lipinski definition) is 1. The van der Waals surface area contributed by atoms with Gasteiger partial charge in [-0.1, -0.05) is 99.0 Å². The zero-order valence-corrected chi connectivity index (χ0v) is 20.8. The van der Waals surface area contributed by atoms with E-state index < -0.39 is 0 Å². The monoisotopic (exact) mass is 461 g/mol. The summed E-state index contributed by atoms with van der Waals surface area (Å²) in [4.78, 5) is 11.8. The van der Waals surface area contributed by atoms with Gasteiger partial charge in [-0.2, -0.15) is 0 Å². The molecule has 182 valence electrons. The molecule has 3 aromatic carbocycles. The molecule has 0 saturated carbocycles. The van der Waals surface area contributed by atoms with Crippen molar-refractivity contribution in [3.05, 3.63) is 95.6 Å². The second-order valence-corrected chi connectivity index (χ2v) is 8.17. The van der Waals surface area contributed by atoms with Crippen LogP contribution in [0.2, 0.25) is 0 Å². The van der Waals surface area contributed by atoms with Crippen LogP contribution in [0.5, 0.6) is 5.75 Å². The summed E-state index contributed by atoms with van der Waals surface area (Å²) in [6.45, 7) is 9.21. The van der Waals surface area contributed by atoms with E-state index in [9.17, 15) is 9.90 Å². The third-order valence-corrected chi connectivity index (χ3v) is 5.91. The predicted octanol–water partition coefficient (Wildman–Crippen LogP) is 7.16. The number of para-hydroxylation sites is 1. The standard InChI is InChI=1S/C23H25NO.C7H14O2/c1-3-24(4-2)21-17-11-16-20(23(21)25)22(18-12-7-5-8-13-18)19-14-9-6-10-15-19;1-2-3-4-5-6-9-7-8/h5-17,22,25H,3-4H2,1-2H3;7H,2-6H2,1H3. The number of benzene rings is 3. The third-order valence-electron chi connectivity index (χ3n) is 5.91. The van der Waals surface area contributed by atoms with E-state index in [1.165, 1.54) is 30.4 Å². The molecule has 0 spiro atoms. The molecule has 0 radical (unpaired) electrons. The van der Waals surface area contributed by atoms with Crippen molar-refractivity contribution in [2.45, 2.75) is 52.4 Å². The van der Waals surface area contributed by atoms with Crippen LogP contribution in [0.4, 0.5) is 5.69 Å². The molecule has 0 unspecified atom stereocenters. The normalized spacial score (nSPS) is 10.4. The highest BCUT2D eigenvalue weighted by atomic mass is 16.5. The number of phenols is 1. The van der Waals surface area contributed by atoms with Crippen LogP contribution in [0.3, 0.4) is 0 Å². The fourth-order valence-electron chi connectivity index (χ4n) is 4.10. The molecule has 0 heterocycles. The summed E-state index contributed by atoms with van der Waals surface area (Å²) in [7, 11) is 0. The number of carbonyl (C=O) groups is 1. The van der Waals surface area contributed by atoms with Gasteiger partial charge < -0.3 is 14.7 Å². The second kappa shape index (κ2) is 15.5. The molecule has 0 aliphatic heterocycles. The summed E-state index contributed by atoms with van der Waals surface area (Å²) in [5.41, 5.74) is 4.21. The number of ether oxygens (including phenoxy) is 1. The van der Waals surface area contributed by atoms with Gasteiger partial charge in [-0.25, -0.2) is 0 Å². The van der Waals surface area contributed by atoms with E-state index in [-0.39, 0.29) is 5.92 Å². The third kappa shape index (κ3) is 7.95. The number of aromatic hydroxyl groups is 1. The lowest BCUT2D eigenvalue weighted by Gasteiger charge is -2.26. The average Bonchev–Trinajstić information content (AvgIpc) is 2.88. The molecular weight excluding hydrogens is 422 g/mol. The Hall–Kier alpha value is -3.27. The molecule has 0 fully saturated rings. The zero-order valence-electron chi connectivity index (χ0n) is 20.8. The van der Waals surface area contributed by atoms with Crippen molar-refractivity contribution in [2.75, 3.05) is 24.6 Å². The van der Waals surface area contributed by atoms with Crippen LogP contribution >= 0.6 is 0 Å². The number of hydrogen-bond acceptors (Lipinski definition) is 4. The first-order valence-electron chi connectivity index (χ1n) is 12.4. The second-order valence-electron chi connectivity index (χ2n) is 8.17. The fourth-order valence-corrected chi connectivity index (χ4v) is 4.10. The van der Waals surface area contributed by atoms with E-state index in [2.05, 4.69) is 78.9 Å². The summed E-state index contributed by atoms with van der Waals surface area (Å²) < 4.78 is 4.50. The average molecular weight is 462 g/mol. The molecule has 4 heteroatoms. The summed E-state index contributed by atoms with van der Waals surface area (Å²) in [6.07, 6.45) is 4.64. The molecule has 3 rings (SSSR count). The van der Waals surface area contributed by atoms with Crippen molar-refractivity contribution < 1.29 is 14.6 Å². The quantitative estimate of drug-likeness (QED) is 0.177. The van der Waals surface area contributed by atoms with E-state index in [0.29, 0.717) is 18.8 Å². The van der Waals surface area contributed by atoms with E-state index in [0.717, 1.165) is 30.8 Å². The Balaban J connectivity index is 0.000000387. The smallest absolute Gasteiger partial charge is 0.293 e. The van der Waals surface area contributed by atoms with Crippen molar-refractivity contribution in [3.8, 4) is 5.75 Å². The van der Waals surface area contributed by atoms with Gasteiger partial charge in [0.25, 0.3) is 6.47 Å². The summed E-state index contributed by atoms with van der Waals surface area (Å²) in [6, 6.07) is 26.8. The van der Waals surface area contributed by atoms with Gasteiger partial charge in [-0.15, -0.1) is 0 Å². The van der Waals surface area contributed by atoms with Crippen LogP contribution in [0, 0.1) is 0 Å². The van der Waals surface area contributed by atoms with Gasteiger partial charge in [0.1, 0.15) is 5.75 Å². The van der Waals surface area contributed by atoms with E-state index in [1.807, 2.05) is 30.3 Å². The molecule has 0 aliphatic rings. The lowest BCUT2D eigenvalue weighted by atomic mass is 9.84. The molecule has 0 saturated heterocycles. The maximum atomic E-state index is 11.1. The summed E-state index contributed by atoms with van der Waals surface area (Å²) in [5.74, 6) is 0.391. The van der Waals surface area contributed by atoms with E-state index >= 15 is 0 Å². The van der Waals surface area contributed by atoms with Gasteiger partial charge in [0.2, 0.25) is 0 Å². The van der Waals surface area contributed by atoms with E-state index in [1.54, 1.807) is 0 Å². The SMILES string of the molecule is CCCCCCOC=O.CCN(CC)c1cccc(C(c2ccccc2)c2ccccc2)c1O. The van der Waals surface area contributed by atoms with Crippen LogP contribution in [0.15, 0.2) is 78.9 Å². The molecule has 0 aliphatic carbocycles. The van der Waals surface area contributed by atoms with Crippen molar-refractivity contribution in [1.29, 1.82) is 0 Å². The molecule has 0 atom stereocenters. The summed E-state index contributed by atoms with van der Waals surface area (Å²) >= 11 is 0. The number of carbonyl (C=O) groups excluding carboxylic acids is 1. The highest BCUT2D eigenvalue weighted by Crippen LogP contribution is 2.41. The zero-order chi connectivity index (χ0) is 24.6. The number of nitrogens with zero attached hydrogens (tertiary/aromatic N) is 1. The van der Waals surface area contributed by atoms with Crippen LogP contribution in [-0.2, 0) is 9.53 Å². The molecule has 0 amide bonds. The first kappa shape index (κ1) is 27.0. The van der Waals surface area contributed by atoms with Crippen molar-refractivity contribution in [3.63, 3.8) is 0 Å². The Morgan fingerprint density at radius 2 is 1.38 bits per heavy atom. The number of anilines is 1. The van der Waals surface area contributed by atoms with Gasteiger partial charge in [0, 0.05) is 24.6 Å². The fraction of sp³-hybridized carbons (Fsp3) is 0.367. The number of unbranched alkanes of at least 4 members (excludes halogenated alkanes) is 3. The molecule has 3 aromatic rings. The minimum Gasteiger partial charge on any atom is -0.505 e. The maximum Gasteiger partial charge on any atom is 0.293 e. The first-order valence-corrected chi connectivity index (χ1v) is 12.4. The Bertz CT molecular complexity index is 900. The number of rotatable bonds is 12. The topological polar surface area (TPSA) is 49.8 Å². The van der Waals surface area contributed by atoms with Gasteiger partial charge >= 0.3 is 0 Å². The highest BCUT2D eigenvalue weighted by Gasteiger charge is 2.22. The largest absolute Gasteiger partial charge is 0.505 e. The van der Waals surface area contributed by atoms with Gasteiger partial charge in [-0.05, 0) is 37.5 Å². The van der Waals surface area contributed by atoms with Crippen molar-refractivity contribution in [1.82, 2.24) is 0 Å². The Morgan fingerprint density at radius 1 is 0.794 bits per heavy atom.